The number of aliphatic hydroxyl groups is 1. The first-order valence-corrected chi connectivity index (χ1v) is 6.79. The summed E-state index contributed by atoms with van der Waals surface area (Å²) in [5.41, 5.74) is 3.03. The standard InChI is InChI=1S/C18H13F2NO/c19-15-5-1-3-13(8-15)17-7-12(11-22)10-21-18(17)14-4-2-6-16(20)9-14/h1-10,22H,11H2. The Morgan fingerprint density at radius 2 is 1.50 bits per heavy atom. The van der Waals surface area contributed by atoms with Crippen LogP contribution in [0.3, 0.4) is 0 Å². The van der Waals surface area contributed by atoms with Gasteiger partial charge in [-0.05, 0) is 41.5 Å². The minimum atomic E-state index is -0.365. The topological polar surface area (TPSA) is 33.1 Å². The van der Waals surface area contributed by atoms with Crippen LogP contribution in [0.5, 0.6) is 0 Å². The lowest BCUT2D eigenvalue weighted by atomic mass is 9.98. The Morgan fingerprint density at radius 3 is 2.14 bits per heavy atom. The van der Waals surface area contributed by atoms with Gasteiger partial charge in [0.2, 0.25) is 0 Å². The summed E-state index contributed by atoms with van der Waals surface area (Å²) in [4.78, 5) is 4.32. The van der Waals surface area contributed by atoms with Gasteiger partial charge in [-0.3, -0.25) is 4.98 Å². The number of halogens is 2. The van der Waals surface area contributed by atoms with E-state index >= 15 is 0 Å². The van der Waals surface area contributed by atoms with Gasteiger partial charge in [0.05, 0.1) is 12.3 Å². The maximum atomic E-state index is 13.5. The van der Waals surface area contributed by atoms with Crippen LogP contribution in [-0.2, 0) is 6.61 Å². The van der Waals surface area contributed by atoms with E-state index in [0.29, 0.717) is 27.9 Å². The van der Waals surface area contributed by atoms with Crippen LogP contribution in [0, 0.1) is 11.6 Å². The van der Waals surface area contributed by atoms with Crippen LogP contribution in [0.4, 0.5) is 8.78 Å². The molecule has 0 aliphatic heterocycles. The van der Waals surface area contributed by atoms with Gasteiger partial charge in [0.25, 0.3) is 0 Å². The molecule has 0 aliphatic rings. The zero-order valence-corrected chi connectivity index (χ0v) is 11.6. The molecule has 0 atom stereocenters. The van der Waals surface area contributed by atoms with Gasteiger partial charge in [0.15, 0.2) is 0 Å². The highest BCUT2D eigenvalue weighted by molar-refractivity contribution is 5.81. The van der Waals surface area contributed by atoms with E-state index < -0.39 is 0 Å². The van der Waals surface area contributed by atoms with Gasteiger partial charge in [-0.25, -0.2) is 8.78 Å². The fourth-order valence-corrected chi connectivity index (χ4v) is 2.34. The van der Waals surface area contributed by atoms with Crippen LogP contribution in [0.15, 0.2) is 60.8 Å². The van der Waals surface area contributed by atoms with E-state index in [-0.39, 0.29) is 18.2 Å². The summed E-state index contributed by atoms with van der Waals surface area (Å²) >= 11 is 0. The summed E-state index contributed by atoms with van der Waals surface area (Å²) in [6.45, 7) is -0.168. The molecule has 3 aromatic rings. The zero-order chi connectivity index (χ0) is 15.5. The van der Waals surface area contributed by atoms with Crippen molar-refractivity contribution in [1.82, 2.24) is 4.98 Å². The molecule has 2 aromatic carbocycles. The molecule has 0 fully saturated rings. The first kappa shape index (κ1) is 14.4. The number of pyridine rings is 1. The highest BCUT2D eigenvalue weighted by Crippen LogP contribution is 2.31. The fourth-order valence-electron chi connectivity index (χ4n) is 2.34. The Labute approximate surface area is 126 Å². The predicted molar refractivity (Wildman–Crippen MR) is 80.9 cm³/mol. The fraction of sp³-hybridized carbons (Fsp3) is 0.0556. The normalized spacial score (nSPS) is 10.7. The van der Waals surface area contributed by atoms with E-state index in [1.54, 1.807) is 30.3 Å². The minimum Gasteiger partial charge on any atom is -0.392 e. The van der Waals surface area contributed by atoms with Crippen LogP contribution in [0.2, 0.25) is 0 Å². The average molecular weight is 297 g/mol. The van der Waals surface area contributed by atoms with Crippen molar-refractivity contribution in [1.29, 1.82) is 0 Å². The van der Waals surface area contributed by atoms with Gasteiger partial charge in [-0.2, -0.15) is 0 Å². The molecule has 110 valence electrons. The van der Waals surface area contributed by atoms with Crippen molar-refractivity contribution in [3.63, 3.8) is 0 Å². The summed E-state index contributed by atoms with van der Waals surface area (Å²) in [6, 6.07) is 13.9. The SMILES string of the molecule is OCc1cnc(-c2cccc(F)c2)c(-c2cccc(F)c2)c1. The third-order valence-electron chi connectivity index (χ3n) is 3.36. The molecule has 1 N–H and O–H groups in total. The molecule has 1 aromatic heterocycles. The van der Waals surface area contributed by atoms with E-state index in [0.717, 1.165) is 0 Å². The van der Waals surface area contributed by atoms with Crippen molar-refractivity contribution in [2.75, 3.05) is 0 Å². The summed E-state index contributed by atoms with van der Waals surface area (Å²) in [5, 5.41) is 9.30. The molecular weight excluding hydrogens is 284 g/mol. The predicted octanol–water partition coefficient (Wildman–Crippen LogP) is 4.19. The number of hydrogen-bond donors (Lipinski definition) is 1. The van der Waals surface area contributed by atoms with Crippen molar-refractivity contribution >= 4 is 0 Å². The smallest absolute Gasteiger partial charge is 0.123 e. The van der Waals surface area contributed by atoms with Gasteiger partial charge in [0.1, 0.15) is 11.6 Å². The Kier molecular flexibility index (Phi) is 3.94. The lowest BCUT2D eigenvalue weighted by molar-refractivity contribution is 0.281. The molecule has 1 heterocycles. The molecule has 0 amide bonds. The first-order valence-electron chi connectivity index (χ1n) is 6.79. The molecule has 3 rings (SSSR count). The van der Waals surface area contributed by atoms with Crippen molar-refractivity contribution < 1.29 is 13.9 Å². The Morgan fingerprint density at radius 1 is 0.864 bits per heavy atom. The molecule has 22 heavy (non-hydrogen) atoms. The van der Waals surface area contributed by atoms with Gasteiger partial charge in [-0.1, -0.05) is 24.3 Å². The largest absolute Gasteiger partial charge is 0.392 e. The minimum absolute atomic E-state index is 0.168. The molecule has 0 aliphatic carbocycles. The summed E-state index contributed by atoms with van der Waals surface area (Å²) < 4.78 is 27.0. The summed E-state index contributed by atoms with van der Waals surface area (Å²) in [5.74, 6) is -0.729. The van der Waals surface area contributed by atoms with E-state index in [9.17, 15) is 13.9 Å². The van der Waals surface area contributed by atoms with E-state index in [1.807, 2.05) is 0 Å². The molecular formula is C18H13F2NO. The first-order chi connectivity index (χ1) is 10.7. The second-order valence-corrected chi connectivity index (χ2v) is 4.92. The number of hydrogen-bond acceptors (Lipinski definition) is 2. The number of rotatable bonds is 3. The molecule has 4 heteroatoms. The van der Waals surface area contributed by atoms with E-state index in [2.05, 4.69) is 4.98 Å². The Balaban J connectivity index is 2.22. The molecule has 2 nitrogen and oxygen atoms in total. The van der Waals surface area contributed by atoms with Gasteiger partial charge in [-0.15, -0.1) is 0 Å². The lowest BCUT2D eigenvalue weighted by Crippen LogP contribution is -1.94. The van der Waals surface area contributed by atoms with Crippen molar-refractivity contribution in [2.24, 2.45) is 0 Å². The van der Waals surface area contributed by atoms with Crippen molar-refractivity contribution in [2.45, 2.75) is 6.61 Å². The maximum absolute atomic E-state index is 13.5. The highest BCUT2D eigenvalue weighted by atomic mass is 19.1. The lowest BCUT2D eigenvalue weighted by Gasteiger charge is -2.11. The van der Waals surface area contributed by atoms with E-state index in [1.165, 1.54) is 30.5 Å². The zero-order valence-electron chi connectivity index (χ0n) is 11.6. The van der Waals surface area contributed by atoms with Gasteiger partial charge in [0, 0.05) is 17.3 Å². The number of nitrogens with zero attached hydrogens (tertiary/aromatic N) is 1. The quantitative estimate of drug-likeness (QED) is 0.786. The molecule has 0 saturated carbocycles. The number of aliphatic hydroxyl groups excluding tert-OH is 1. The van der Waals surface area contributed by atoms with E-state index in [4.69, 9.17) is 0 Å². The van der Waals surface area contributed by atoms with Gasteiger partial charge < -0.3 is 5.11 Å². The van der Waals surface area contributed by atoms with Crippen LogP contribution in [0.25, 0.3) is 22.4 Å². The second-order valence-electron chi connectivity index (χ2n) is 4.92. The van der Waals surface area contributed by atoms with Crippen LogP contribution < -0.4 is 0 Å². The average Bonchev–Trinajstić information content (AvgIpc) is 2.54. The second kappa shape index (κ2) is 6.03. The molecule has 0 bridgehead atoms. The molecule has 0 spiro atoms. The maximum Gasteiger partial charge on any atom is 0.123 e. The number of benzene rings is 2. The van der Waals surface area contributed by atoms with Crippen LogP contribution in [-0.4, -0.2) is 10.1 Å². The third kappa shape index (κ3) is 2.87. The number of aromatic nitrogens is 1. The third-order valence-corrected chi connectivity index (χ3v) is 3.36. The molecule has 0 saturated heterocycles. The highest BCUT2D eigenvalue weighted by Gasteiger charge is 2.11. The van der Waals surface area contributed by atoms with Crippen molar-refractivity contribution in [3.8, 4) is 22.4 Å². The van der Waals surface area contributed by atoms with Gasteiger partial charge >= 0.3 is 0 Å². The van der Waals surface area contributed by atoms with Crippen LogP contribution in [0.1, 0.15) is 5.56 Å². The Bertz CT molecular complexity index is 818. The summed E-state index contributed by atoms with van der Waals surface area (Å²) in [7, 11) is 0. The molecule has 0 radical (unpaired) electrons. The summed E-state index contributed by atoms with van der Waals surface area (Å²) in [6.07, 6.45) is 1.53. The van der Waals surface area contributed by atoms with Crippen molar-refractivity contribution in [3.05, 3.63) is 78.0 Å². The molecule has 0 unspecified atom stereocenters. The van der Waals surface area contributed by atoms with Crippen LogP contribution >= 0.6 is 0 Å². The Hall–Kier alpha value is -2.59. The monoisotopic (exact) mass is 297 g/mol.